The quantitative estimate of drug-likeness (QED) is 0.409. The highest BCUT2D eigenvalue weighted by Crippen LogP contribution is 2.16. The van der Waals surface area contributed by atoms with Gasteiger partial charge in [-0.15, -0.1) is 0 Å². The zero-order valence-electron chi connectivity index (χ0n) is 20.3. The van der Waals surface area contributed by atoms with Crippen LogP contribution in [-0.4, -0.2) is 43.6 Å². The lowest BCUT2D eigenvalue weighted by molar-refractivity contribution is -0.147. The first-order valence-electron chi connectivity index (χ1n) is 11.5. The van der Waals surface area contributed by atoms with Gasteiger partial charge >= 0.3 is 11.9 Å². The molecule has 9 nitrogen and oxygen atoms in total. The Morgan fingerprint density at radius 2 is 1.40 bits per heavy atom. The summed E-state index contributed by atoms with van der Waals surface area (Å²) in [6.07, 6.45) is 0.376. The summed E-state index contributed by atoms with van der Waals surface area (Å²) in [6, 6.07) is 13.2. The van der Waals surface area contributed by atoms with Gasteiger partial charge in [0.1, 0.15) is 5.75 Å². The first-order chi connectivity index (χ1) is 16.8. The molecule has 0 bridgehead atoms. The SMILES string of the molecule is CCOc1ccc(NC(=O)COC(=O)CCCC(=O)Nc2ccc(C(=O)OCC(C)C)cc2)cc1. The van der Waals surface area contributed by atoms with E-state index in [0.29, 0.717) is 35.9 Å². The lowest BCUT2D eigenvalue weighted by Crippen LogP contribution is -2.21. The molecule has 0 aliphatic carbocycles. The van der Waals surface area contributed by atoms with Crippen molar-refractivity contribution >= 4 is 35.1 Å². The van der Waals surface area contributed by atoms with Crippen molar-refractivity contribution in [3.8, 4) is 5.75 Å². The molecule has 2 N–H and O–H groups in total. The van der Waals surface area contributed by atoms with Crippen LogP contribution in [0.3, 0.4) is 0 Å². The first kappa shape index (κ1) is 27.4. The molecule has 0 aliphatic heterocycles. The largest absolute Gasteiger partial charge is 0.494 e. The Morgan fingerprint density at radius 1 is 0.800 bits per heavy atom. The zero-order chi connectivity index (χ0) is 25.6. The molecule has 0 saturated heterocycles. The van der Waals surface area contributed by atoms with E-state index in [1.807, 2.05) is 20.8 Å². The number of nitrogens with one attached hydrogen (secondary N) is 2. The van der Waals surface area contributed by atoms with Crippen molar-refractivity contribution in [2.75, 3.05) is 30.5 Å². The summed E-state index contributed by atoms with van der Waals surface area (Å²) in [4.78, 5) is 47.8. The minimum atomic E-state index is -0.566. The van der Waals surface area contributed by atoms with Crippen molar-refractivity contribution in [1.29, 1.82) is 0 Å². The van der Waals surface area contributed by atoms with Crippen LogP contribution in [-0.2, 0) is 23.9 Å². The summed E-state index contributed by atoms with van der Waals surface area (Å²) in [5, 5.41) is 5.33. The normalized spacial score (nSPS) is 10.4. The second-order valence-electron chi connectivity index (χ2n) is 8.14. The van der Waals surface area contributed by atoms with Crippen molar-refractivity contribution in [2.45, 2.75) is 40.0 Å². The van der Waals surface area contributed by atoms with Crippen molar-refractivity contribution in [1.82, 2.24) is 0 Å². The number of esters is 2. The number of rotatable bonds is 13. The van der Waals surface area contributed by atoms with Gasteiger partial charge in [-0.05, 0) is 67.8 Å². The highest BCUT2D eigenvalue weighted by Gasteiger charge is 2.11. The second kappa shape index (κ2) is 14.4. The van der Waals surface area contributed by atoms with Crippen LogP contribution in [0, 0.1) is 5.92 Å². The van der Waals surface area contributed by atoms with Gasteiger partial charge in [0.2, 0.25) is 5.91 Å². The molecule has 0 atom stereocenters. The molecule has 2 aromatic carbocycles. The standard InChI is InChI=1S/C26H32N2O7/c1-4-33-22-14-12-21(13-15-22)28-24(30)17-34-25(31)7-5-6-23(29)27-20-10-8-19(9-11-20)26(32)35-16-18(2)3/h8-15,18H,4-7,16-17H2,1-3H3,(H,27,29)(H,28,30). The fourth-order valence-corrected chi connectivity index (χ4v) is 2.85. The molecule has 2 rings (SSSR count). The summed E-state index contributed by atoms with van der Waals surface area (Å²) in [5.74, 6) is -0.777. The molecule has 0 heterocycles. The highest BCUT2D eigenvalue weighted by atomic mass is 16.5. The number of benzene rings is 2. The molecule has 0 unspecified atom stereocenters. The van der Waals surface area contributed by atoms with Gasteiger partial charge in [-0.2, -0.15) is 0 Å². The number of anilines is 2. The predicted molar refractivity (Wildman–Crippen MR) is 131 cm³/mol. The number of carbonyl (C=O) groups is 4. The van der Waals surface area contributed by atoms with E-state index in [4.69, 9.17) is 14.2 Å². The van der Waals surface area contributed by atoms with Crippen molar-refractivity contribution < 1.29 is 33.4 Å². The summed E-state index contributed by atoms with van der Waals surface area (Å²) in [6.45, 7) is 6.26. The fourth-order valence-electron chi connectivity index (χ4n) is 2.85. The van der Waals surface area contributed by atoms with Gasteiger partial charge < -0.3 is 24.8 Å². The van der Waals surface area contributed by atoms with Gasteiger partial charge in [0, 0.05) is 24.2 Å². The molecule has 188 valence electrons. The molecule has 9 heteroatoms. The Kier molecular flexibility index (Phi) is 11.3. The third-order valence-electron chi connectivity index (χ3n) is 4.55. The molecule has 0 fully saturated rings. The van der Waals surface area contributed by atoms with E-state index < -0.39 is 24.5 Å². The topological polar surface area (TPSA) is 120 Å². The van der Waals surface area contributed by atoms with Crippen molar-refractivity contribution in [3.05, 3.63) is 54.1 Å². The maximum atomic E-state index is 12.1. The van der Waals surface area contributed by atoms with Gasteiger partial charge in [-0.25, -0.2) is 4.79 Å². The van der Waals surface area contributed by atoms with Crippen LogP contribution in [0.5, 0.6) is 5.75 Å². The van der Waals surface area contributed by atoms with Crippen LogP contribution in [0.1, 0.15) is 50.4 Å². The Hall–Kier alpha value is -3.88. The van der Waals surface area contributed by atoms with Gasteiger partial charge in [-0.1, -0.05) is 13.8 Å². The van der Waals surface area contributed by atoms with Crippen LogP contribution >= 0.6 is 0 Å². The molecule has 0 aliphatic rings. The Morgan fingerprint density at radius 3 is 2.00 bits per heavy atom. The van der Waals surface area contributed by atoms with Crippen molar-refractivity contribution in [2.24, 2.45) is 5.92 Å². The summed E-state index contributed by atoms with van der Waals surface area (Å²) in [7, 11) is 0. The van der Waals surface area contributed by atoms with Gasteiger partial charge in [0.25, 0.3) is 5.91 Å². The van der Waals surface area contributed by atoms with E-state index in [1.165, 1.54) is 0 Å². The molecule has 2 aromatic rings. The number of hydrogen-bond donors (Lipinski definition) is 2. The van der Waals surface area contributed by atoms with Crippen LogP contribution in [0.2, 0.25) is 0 Å². The minimum absolute atomic E-state index is 0.00435. The third kappa shape index (κ3) is 10.7. The first-order valence-corrected chi connectivity index (χ1v) is 11.5. The Labute approximate surface area is 205 Å². The van der Waals surface area contributed by atoms with E-state index in [1.54, 1.807) is 48.5 Å². The number of carbonyl (C=O) groups excluding carboxylic acids is 4. The lowest BCUT2D eigenvalue weighted by Gasteiger charge is -2.09. The highest BCUT2D eigenvalue weighted by molar-refractivity contribution is 5.94. The van der Waals surface area contributed by atoms with E-state index >= 15 is 0 Å². The number of ether oxygens (including phenoxy) is 3. The number of amides is 2. The molecule has 35 heavy (non-hydrogen) atoms. The third-order valence-corrected chi connectivity index (χ3v) is 4.55. The molecule has 0 aromatic heterocycles. The van der Waals surface area contributed by atoms with Crippen molar-refractivity contribution in [3.63, 3.8) is 0 Å². The van der Waals surface area contributed by atoms with Crippen LogP contribution in [0.15, 0.2) is 48.5 Å². The van der Waals surface area contributed by atoms with Crippen LogP contribution < -0.4 is 15.4 Å². The van der Waals surface area contributed by atoms with Crippen LogP contribution in [0.4, 0.5) is 11.4 Å². The molecule has 0 radical (unpaired) electrons. The monoisotopic (exact) mass is 484 g/mol. The lowest BCUT2D eigenvalue weighted by atomic mass is 10.2. The Balaban J connectivity index is 1.63. The molecule has 0 spiro atoms. The van der Waals surface area contributed by atoms with Gasteiger partial charge in [0.05, 0.1) is 18.8 Å². The minimum Gasteiger partial charge on any atom is -0.494 e. The molecule has 2 amide bonds. The van der Waals surface area contributed by atoms with E-state index in [-0.39, 0.29) is 31.1 Å². The second-order valence-corrected chi connectivity index (χ2v) is 8.14. The zero-order valence-corrected chi connectivity index (χ0v) is 20.3. The van der Waals surface area contributed by atoms with Crippen LogP contribution in [0.25, 0.3) is 0 Å². The maximum Gasteiger partial charge on any atom is 0.338 e. The van der Waals surface area contributed by atoms with E-state index in [9.17, 15) is 19.2 Å². The fraction of sp³-hybridized carbons (Fsp3) is 0.385. The predicted octanol–water partition coefficient (Wildman–Crippen LogP) is 4.19. The summed E-state index contributed by atoms with van der Waals surface area (Å²) in [5.41, 5.74) is 1.49. The maximum absolute atomic E-state index is 12.1. The van der Waals surface area contributed by atoms with E-state index in [2.05, 4.69) is 10.6 Å². The smallest absolute Gasteiger partial charge is 0.338 e. The van der Waals surface area contributed by atoms with Gasteiger partial charge in [0.15, 0.2) is 6.61 Å². The molecule has 0 saturated carbocycles. The number of hydrogen-bond acceptors (Lipinski definition) is 7. The average Bonchev–Trinajstić information content (AvgIpc) is 2.83. The summed E-state index contributed by atoms with van der Waals surface area (Å²) >= 11 is 0. The average molecular weight is 485 g/mol. The Bertz CT molecular complexity index is 986. The van der Waals surface area contributed by atoms with E-state index in [0.717, 1.165) is 0 Å². The van der Waals surface area contributed by atoms with Gasteiger partial charge in [-0.3, -0.25) is 14.4 Å². The molecular formula is C26H32N2O7. The molecular weight excluding hydrogens is 452 g/mol. The summed E-state index contributed by atoms with van der Waals surface area (Å²) < 4.78 is 15.5.